The lowest BCUT2D eigenvalue weighted by Crippen LogP contribution is -2.26. The molecule has 5 heteroatoms. The van der Waals surface area contributed by atoms with E-state index in [1.54, 1.807) is 14.0 Å². The molecule has 1 atom stereocenters. The van der Waals surface area contributed by atoms with Gasteiger partial charge in [-0.15, -0.1) is 0 Å². The number of nitrogens with zero attached hydrogens (tertiary/aromatic N) is 1. The average Bonchev–Trinajstić information content (AvgIpc) is 2.67. The molecule has 0 bridgehead atoms. The number of pyridine rings is 1. The van der Waals surface area contributed by atoms with Crippen LogP contribution in [0.4, 0.5) is 5.82 Å². The van der Waals surface area contributed by atoms with Crippen LogP contribution in [0.15, 0.2) is 48.5 Å². The molecule has 27 heavy (non-hydrogen) atoms. The number of fused-ring (bicyclic) bond motifs is 1. The predicted octanol–water partition coefficient (Wildman–Crippen LogP) is 3.61. The number of anilines is 1. The standard InChI is InChI=1S/C22H23N3O2/c1-13(22(27)24-3)10-17-12-16-11-15(8-9-20(16)25-21(17)23)19-7-5-4-6-18(19)14(2)26/h4-9,11-13H,10H2,1-3H3,(H2,23,25)(H,24,27). The Balaban J connectivity index is 2.06. The number of nitrogens with two attached hydrogens (primary N) is 1. The Kier molecular flexibility index (Phi) is 5.21. The number of amides is 1. The molecule has 0 aliphatic rings. The summed E-state index contributed by atoms with van der Waals surface area (Å²) in [5.41, 5.74) is 10.3. The zero-order chi connectivity index (χ0) is 19.6. The Hall–Kier alpha value is -3.21. The van der Waals surface area contributed by atoms with Crippen LogP contribution < -0.4 is 11.1 Å². The van der Waals surface area contributed by atoms with Gasteiger partial charge in [-0.05, 0) is 48.2 Å². The van der Waals surface area contributed by atoms with Gasteiger partial charge in [-0.2, -0.15) is 0 Å². The summed E-state index contributed by atoms with van der Waals surface area (Å²) >= 11 is 0. The topological polar surface area (TPSA) is 85.1 Å². The number of ketones is 1. The number of nitrogens with one attached hydrogen (secondary N) is 1. The van der Waals surface area contributed by atoms with E-state index in [1.165, 1.54) is 0 Å². The van der Waals surface area contributed by atoms with Gasteiger partial charge in [-0.25, -0.2) is 4.98 Å². The van der Waals surface area contributed by atoms with E-state index in [1.807, 2.05) is 55.5 Å². The maximum atomic E-state index is 11.9. The van der Waals surface area contributed by atoms with Gasteiger partial charge < -0.3 is 11.1 Å². The normalized spacial score (nSPS) is 12.0. The van der Waals surface area contributed by atoms with Crippen molar-refractivity contribution < 1.29 is 9.59 Å². The van der Waals surface area contributed by atoms with E-state index in [-0.39, 0.29) is 17.6 Å². The van der Waals surface area contributed by atoms with Crippen molar-refractivity contribution in [2.24, 2.45) is 5.92 Å². The van der Waals surface area contributed by atoms with Gasteiger partial charge in [0.1, 0.15) is 5.82 Å². The van der Waals surface area contributed by atoms with Crippen LogP contribution >= 0.6 is 0 Å². The van der Waals surface area contributed by atoms with Gasteiger partial charge in [0, 0.05) is 23.9 Å². The van der Waals surface area contributed by atoms with E-state index < -0.39 is 0 Å². The third-order valence-corrected chi connectivity index (χ3v) is 4.76. The van der Waals surface area contributed by atoms with Crippen molar-refractivity contribution in [1.29, 1.82) is 0 Å². The molecule has 3 rings (SSSR count). The molecule has 0 aliphatic heterocycles. The van der Waals surface area contributed by atoms with E-state index in [2.05, 4.69) is 10.3 Å². The van der Waals surface area contributed by atoms with Gasteiger partial charge in [-0.3, -0.25) is 9.59 Å². The molecule has 0 fully saturated rings. The van der Waals surface area contributed by atoms with Gasteiger partial charge >= 0.3 is 0 Å². The lowest BCUT2D eigenvalue weighted by Gasteiger charge is -2.13. The minimum atomic E-state index is -0.196. The maximum Gasteiger partial charge on any atom is 0.222 e. The summed E-state index contributed by atoms with van der Waals surface area (Å²) < 4.78 is 0. The number of Topliss-reactive ketones (excluding diaryl/α,β-unsaturated/α-hetero) is 1. The molecular weight excluding hydrogens is 338 g/mol. The molecule has 2 aromatic carbocycles. The molecule has 5 nitrogen and oxygen atoms in total. The molecule has 1 aromatic heterocycles. The van der Waals surface area contributed by atoms with Crippen molar-refractivity contribution in [2.75, 3.05) is 12.8 Å². The number of rotatable bonds is 5. The summed E-state index contributed by atoms with van der Waals surface area (Å²) in [5, 5.41) is 3.59. The Morgan fingerprint density at radius 3 is 2.59 bits per heavy atom. The Bertz CT molecular complexity index is 1030. The van der Waals surface area contributed by atoms with Crippen molar-refractivity contribution in [1.82, 2.24) is 10.3 Å². The van der Waals surface area contributed by atoms with E-state index >= 15 is 0 Å². The van der Waals surface area contributed by atoms with Gasteiger partial charge in [0.15, 0.2) is 5.78 Å². The fraction of sp³-hybridized carbons (Fsp3) is 0.227. The first-order valence-corrected chi connectivity index (χ1v) is 8.91. The summed E-state index contributed by atoms with van der Waals surface area (Å²) in [4.78, 5) is 28.3. The molecule has 3 aromatic rings. The first-order chi connectivity index (χ1) is 12.9. The lowest BCUT2D eigenvalue weighted by molar-refractivity contribution is -0.123. The number of aromatic nitrogens is 1. The monoisotopic (exact) mass is 361 g/mol. The van der Waals surface area contributed by atoms with Gasteiger partial charge in [-0.1, -0.05) is 37.3 Å². The Labute approximate surface area is 158 Å². The van der Waals surface area contributed by atoms with Crippen LogP contribution in [0.2, 0.25) is 0 Å². The summed E-state index contributed by atoms with van der Waals surface area (Å²) in [6, 6.07) is 15.4. The third kappa shape index (κ3) is 3.82. The molecular formula is C22H23N3O2. The third-order valence-electron chi connectivity index (χ3n) is 4.76. The Morgan fingerprint density at radius 2 is 1.89 bits per heavy atom. The molecule has 0 saturated carbocycles. The molecule has 3 N–H and O–H groups in total. The Morgan fingerprint density at radius 1 is 1.15 bits per heavy atom. The maximum absolute atomic E-state index is 11.9. The van der Waals surface area contributed by atoms with Crippen molar-refractivity contribution >= 4 is 28.4 Å². The number of hydrogen-bond acceptors (Lipinski definition) is 4. The van der Waals surface area contributed by atoms with E-state index in [9.17, 15) is 9.59 Å². The van der Waals surface area contributed by atoms with Crippen LogP contribution in [0.1, 0.15) is 29.8 Å². The van der Waals surface area contributed by atoms with Gasteiger partial charge in [0.05, 0.1) is 5.52 Å². The van der Waals surface area contributed by atoms with Crippen molar-refractivity contribution in [2.45, 2.75) is 20.3 Å². The second kappa shape index (κ2) is 7.58. The molecule has 138 valence electrons. The van der Waals surface area contributed by atoms with Gasteiger partial charge in [0.2, 0.25) is 5.91 Å². The van der Waals surface area contributed by atoms with Crippen LogP contribution in [0, 0.1) is 5.92 Å². The lowest BCUT2D eigenvalue weighted by atomic mass is 9.95. The largest absolute Gasteiger partial charge is 0.383 e. The molecule has 1 heterocycles. The minimum Gasteiger partial charge on any atom is -0.383 e. The predicted molar refractivity (Wildman–Crippen MR) is 109 cm³/mol. The average molecular weight is 361 g/mol. The van der Waals surface area contributed by atoms with Crippen molar-refractivity contribution in [3.8, 4) is 11.1 Å². The highest BCUT2D eigenvalue weighted by Crippen LogP contribution is 2.29. The van der Waals surface area contributed by atoms with Crippen LogP contribution in [0.5, 0.6) is 0 Å². The highest BCUT2D eigenvalue weighted by Gasteiger charge is 2.15. The van der Waals surface area contributed by atoms with E-state index in [0.29, 0.717) is 17.8 Å². The highest BCUT2D eigenvalue weighted by atomic mass is 16.1. The fourth-order valence-electron chi connectivity index (χ4n) is 3.28. The number of benzene rings is 2. The number of carbonyl (C=O) groups excluding carboxylic acids is 2. The molecule has 1 amide bonds. The first-order valence-electron chi connectivity index (χ1n) is 8.91. The van der Waals surface area contributed by atoms with Gasteiger partial charge in [0.25, 0.3) is 0 Å². The van der Waals surface area contributed by atoms with Crippen molar-refractivity contribution in [3.63, 3.8) is 0 Å². The summed E-state index contributed by atoms with van der Waals surface area (Å²) in [7, 11) is 1.62. The smallest absolute Gasteiger partial charge is 0.222 e. The van der Waals surface area contributed by atoms with Crippen LogP contribution in [-0.4, -0.2) is 23.7 Å². The molecule has 0 aliphatic carbocycles. The fourth-order valence-corrected chi connectivity index (χ4v) is 3.28. The number of carbonyl (C=O) groups is 2. The second-order valence-electron chi connectivity index (χ2n) is 6.76. The minimum absolute atomic E-state index is 0.0289. The summed E-state index contributed by atoms with van der Waals surface area (Å²) in [6.07, 6.45) is 0.517. The zero-order valence-corrected chi connectivity index (χ0v) is 15.7. The number of hydrogen-bond donors (Lipinski definition) is 2. The first kappa shape index (κ1) is 18.6. The zero-order valence-electron chi connectivity index (χ0n) is 15.7. The molecule has 1 unspecified atom stereocenters. The second-order valence-corrected chi connectivity index (χ2v) is 6.76. The van der Waals surface area contributed by atoms with Crippen molar-refractivity contribution in [3.05, 3.63) is 59.7 Å². The van der Waals surface area contributed by atoms with Crippen LogP contribution in [0.25, 0.3) is 22.0 Å². The van der Waals surface area contributed by atoms with Crippen LogP contribution in [-0.2, 0) is 11.2 Å². The van der Waals surface area contributed by atoms with Crippen LogP contribution in [0.3, 0.4) is 0 Å². The quantitative estimate of drug-likeness (QED) is 0.680. The summed E-state index contributed by atoms with van der Waals surface area (Å²) in [5.74, 6) is 0.244. The molecule has 0 radical (unpaired) electrons. The van der Waals surface area contributed by atoms with E-state index in [4.69, 9.17) is 5.73 Å². The number of nitrogen functional groups attached to an aromatic ring is 1. The highest BCUT2D eigenvalue weighted by molar-refractivity contribution is 6.01. The SMILES string of the molecule is CNC(=O)C(C)Cc1cc2cc(-c3ccccc3C(C)=O)ccc2nc1N. The summed E-state index contributed by atoms with van der Waals surface area (Å²) in [6.45, 7) is 3.43. The van der Waals surface area contributed by atoms with E-state index in [0.717, 1.165) is 27.6 Å². The molecule has 0 spiro atoms. The molecule has 0 saturated heterocycles.